The summed E-state index contributed by atoms with van der Waals surface area (Å²) in [5.74, 6) is -0.618. The highest BCUT2D eigenvalue weighted by Crippen LogP contribution is 2.29. The molecule has 0 saturated heterocycles. The summed E-state index contributed by atoms with van der Waals surface area (Å²) in [7, 11) is 0. The molecule has 0 saturated carbocycles. The molecule has 0 amide bonds. The van der Waals surface area contributed by atoms with Crippen LogP contribution in [0.25, 0.3) is 0 Å². The Morgan fingerprint density at radius 2 is 2.38 bits per heavy atom. The van der Waals surface area contributed by atoms with Gasteiger partial charge in [0, 0.05) is 0 Å². The summed E-state index contributed by atoms with van der Waals surface area (Å²) in [5, 5.41) is 0.678. The molecule has 2 rings (SSSR count). The van der Waals surface area contributed by atoms with Crippen molar-refractivity contribution in [1.82, 2.24) is 4.98 Å². The summed E-state index contributed by atoms with van der Waals surface area (Å²) >= 11 is 1.25. The summed E-state index contributed by atoms with van der Waals surface area (Å²) in [6, 6.07) is 0. The van der Waals surface area contributed by atoms with Gasteiger partial charge in [-0.15, -0.1) is 11.3 Å². The molecular formula is C11H11NO3S. The van der Waals surface area contributed by atoms with E-state index in [0.717, 1.165) is 5.69 Å². The summed E-state index contributed by atoms with van der Waals surface area (Å²) < 4.78 is 0. The normalized spacial score (nSPS) is 19.3. The van der Waals surface area contributed by atoms with Gasteiger partial charge in [0.05, 0.1) is 22.9 Å². The molecule has 1 heterocycles. The number of thiazole rings is 1. The van der Waals surface area contributed by atoms with Crippen LogP contribution in [-0.2, 0) is 22.4 Å². The number of fused-ring (bicyclic) bond motifs is 1. The van der Waals surface area contributed by atoms with Crippen LogP contribution in [0.2, 0.25) is 0 Å². The first-order valence-corrected chi connectivity index (χ1v) is 5.91. The molecule has 0 spiro atoms. The highest BCUT2D eigenvalue weighted by Gasteiger charge is 2.30. The number of aldehydes is 1. The van der Waals surface area contributed by atoms with E-state index in [9.17, 15) is 14.4 Å². The molecule has 0 aliphatic heterocycles. The van der Waals surface area contributed by atoms with Crippen molar-refractivity contribution in [3.8, 4) is 0 Å². The van der Waals surface area contributed by atoms with Crippen molar-refractivity contribution in [3.05, 3.63) is 15.6 Å². The number of hydrogen-bond acceptors (Lipinski definition) is 5. The molecule has 1 aromatic heterocycles. The fraction of sp³-hybridized carbons (Fsp3) is 0.455. The lowest BCUT2D eigenvalue weighted by Crippen LogP contribution is -2.22. The molecule has 5 heteroatoms. The summed E-state index contributed by atoms with van der Waals surface area (Å²) in [6.07, 6.45) is 2.17. The van der Waals surface area contributed by atoms with E-state index in [2.05, 4.69) is 4.98 Å². The Kier molecular flexibility index (Phi) is 2.96. The van der Waals surface area contributed by atoms with Gasteiger partial charge in [0.2, 0.25) is 0 Å². The molecule has 84 valence electrons. The third-order valence-electron chi connectivity index (χ3n) is 2.56. The number of nitrogens with zero attached hydrogens (tertiary/aromatic N) is 1. The number of hydrogen-bond donors (Lipinski definition) is 0. The molecule has 0 aromatic carbocycles. The molecule has 1 aromatic rings. The number of Topliss-reactive ketones (excluding diaryl/α,β-unsaturated/α-hetero) is 2. The molecule has 16 heavy (non-hydrogen) atoms. The second kappa shape index (κ2) is 4.25. The molecule has 0 bridgehead atoms. The zero-order chi connectivity index (χ0) is 11.7. The van der Waals surface area contributed by atoms with Crippen molar-refractivity contribution in [1.29, 1.82) is 0 Å². The van der Waals surface area contributed by atoms with Gasteiger partial charge in [-0.3, -0.25) is 9.59 Å². The molecule has 0 radical (unpaired) electrons. The van der Waals surface area contributed by atoms with Gasteiger partial charge in [0.15, 0.2) is 5.78 Å². The standard InChI is InChI=1S/C11H11NO3S/c1-6(14)4-9-12-8-3-2-7(5-13)10(15)11(8)16-9/h5,7H,2-4H2,1H3. The van der Waals surface area contributed by atoms with Gasteiger partial charge < -0.3 is 4.79 Å². The number of aryl methyl sites for hydroxylation is 1. The Bertz CT molecular complexity index is 464. The predicted molar refractivity (Wildman–Crippen MR) is 58.7 cm³/mol. The second-order valence-corrected chi connectivity index (χ2v) is 4.99. The van der Waals surface area contributed by atoms with Gasteiger partial charge in [-0.05, 0) is 19.8 Å². The van der Waals surface area contributed by atoms with Crippen LogP contribution >= 0.6 is 11.3 Å². The fourth-order valence-corrected chi connectivity index (χ4v) is 2.96. The molecule has 1 aliphatic rings. The van der Waals surface area contributed by atoms with Crippen molar-refractivity contribution >= 4 is 29.2 Å². The topological polar surface area (TPSA) is 64.1 Å². The first-order chi connectivity index (χ1) is 7.61. The first-order valence-electron chi connectivity index (χ1n) is 5.09. The van der Waals surface area contributed by atoms with Gasteiger partial charge in [-0.1, -0.05) is 0 Å². The van der Waals surface area contributed by atoms with E-state index in [1.807, 2.05) is 0 Å². The Balaban J connectivity index is 2.31. The zero-order valence-electron chi connectivity index (χ0n) is 8.86. The number of rotatable bonds is 3. The third-order valence-corrected chi connectivity index (χ3v) is 3.67. The van der Waals surface area contributed by atoms with E-state index in [4.69, 9.17) is 0 Å². The lowest BCUT2D eigenvalue weighted by Gasteiger charge is -2.13. The van der Waals surface area contributed by atoms with Crippen LogP contribution in [0.3, 0.4) is 0 Å². The maximum Gasteiger partial charge on any atom is 0.184 e. The molecule has 4 nitrogen and oxygen atoms in total. The van der Waals surface area contributed by atoms with E-state index in [0.29, 0.717) is 29.0 Å². The zero-order valence-corrected chi connectivity index (χ0v) is 9.67. The van der Waals surface area contributed by atoms with E-state index < -0.39 is 5.92 Å². The van der Waals surface area contributed by atoms with Crippen molar-refractivity contribution < 1.29 is 14.4 Å². The molecule has 0 fully saturated rings. The number of carbonyl (C=O) groups is 3. The molecule has 1 unspecified atom stereocenters. The van der Waals surface area contributed by atoms with Gasteiger partial charge in [0.25, 0.3) is 0 Å². The molecule has 1 atom stereocenters. The Hall–Kier alpha value is -1.36. The van der Waals surface area contributed by atoms with Crippen LogP contribution < -0.4 is 0 Å². The van der Waals surface area contributed by atoms with E-state index in [1.165, 1.54) is 18.3 Å². The highest BCUT2D eigenvalue weighted by molar-refractivity contribution is 7.14. The lowest BCUT2D eigenvalue weighted by molar-refractivity contribution is -0.116. The van der Waals surface area contributed by atoms with E-state index in [1.54, 1.807) is 0 Å². The number of aromatic nitrogens is 1. The Morgan fingerprint density at radius 1 is 1.62 bits per heavy atom. The SMILES string of the molecule is CC(=O)Cc1nc2c(s1)C(=O)C(C=O)CC2. The van der Waals surface area contributed by atoms with Crippen molar-refractivity contribution in [2.45, 2.75) is 26.2 Å². The van der Waals surface area contributed by atoms with Crippen LogP contribution in [0.1, 0.15) is 33.7 Å². The van der Waals surface area contributed by atoms with Crippen LogP contribution in [0.4, 0.5) is 0 Å². The number of ketones is 2. The molecular weight excluding hydrogens is 226 g/mol. The maximum atomic E-state index is 11.8. The van der Waals surface area contributed by atoms with Gasteiger partial charge in [-0.2, -0.15) is 0 Å². The summed E-state index contributed by atoms with van der Waals surface area (Å²) in [5.41, 5.74) is 0.754. The minimum Gasteiger partial charge on any atom is -0.303 e. The third kappa shape index (κ3) is 1.95. The van der Waals surface area contributed by atoms with Crippen LogP contribution in [-0.4, -0.2) is 22.8 Å². The van der Waals surface area contributed by atoms with Crippen molar-refractivity contribution in [2.24, 2.45) is 5.92 Å². The molecule has 1 aliphatic carbocycles. The monoisotopic (exact) mass is 237 g/mol. The average Bonchev–Trinajstić information content (AvgIpc) is 2.61. The Morgan fingerprint density at radius 3 is 3.00 bits per heavy atom. The number of carbonyl (C=O) groups excluding carboxylic acids is 3. The lowest BCUT2D eigenvalue weighted by atomic mass is 9.91. The first kappa shape index (κ1) is 11.1. The van der Waals surface area contributed by atoms with Crippen molar-refractivity contribution in [2.75, 3.05) is 0 Å². The summed E-state index contributed by atoms with van der Waals surface area (Å²) in [4.78, 5) is 38.3. The smallest absolute Gasteiger partial charge is 0.184 e. The largest absolute Gasteiger partial charge is 0.303 e. The predicted octanol–water partition coefficient (Wildman–Crippen LogP) is 1.22. The van der Waals surface area contributed by atoms with Crippen molar-refractivity contribution in [3.63, 3.8) is 0 Å². The fourth-order valence-electron chi connectivity index (χ4n) is 1.77. The average molecular weight is 237 g/mol. The minimum atomic E-state index is -0.516. The second-order valence-electron chi connectivity index (χ2n) is 3.91. The van der Waals surface area contributed by atoms with Crippen LogP contribution in [0.5, 0.6) is 0 Å². The highest BCUT2D eigenvalue weighted by atomic mass is 32.1. The Labute approximate surface area is 96.7 Å². The van der Waals surface area contributed by atoms with E-state index in [-0.39, 0.29) is 18.0 Å². The van der Waals surface area contributed by atoms with Crippen LogP contribution in [0, 0.1) is 5.92 Å². The van der Waals surface area contributed by atoms with Gasteiger partial charge in [0.1, 0.15) is 17.1 Å². The quantitative estimate of drug-likeness (QED) is 0.585. The molecule has 0 N–H and O–H groups in total. The minimum absolute atomic E-state index is 0.0329. The summed E-state index contributed by atoms with van der Waals surface area (Å²) in [6.45, 7) is 1.50. The maximum absolute atomic E-state index is 11.8. The van der Waals surface area contributed by atoms with E-state index >= 15 is 0 Å². The van der Waals surface area contributed by atoms with Gasteiger partial charge in [-0.25, -0.2) is 4.98 Å². The van der Waals surface area contributed by atoms with Crippen LogP contribution in [0.15, 0.2) is 0 Å². The van der Waals surface area contributed by atoms with Gasteiger partial charge >= 0.3 is 0 Å².